The van der Waals surface area contributed by atoms with Crippen molar-refractivity contribution in [1.29, 1.82) is 0 Å². The molecule has 0 bridgehead atoms. The number of pyridine rings is 1. The van der Waals surface area contributed by atoms with Crippen LogP contribution in [0.2, 0.25) is 0 Å². The number of nitrogens with zero attached hydrogens (tertiary/aromatic N) is 1. The summed E-state index contributed by atoms with van der Waals surface area (Å²) >= 11 is 1.87. The fourth-order valence-electron chi connectivity index (χ4n) is 1.34. The van der Waals surface area contributed by atoms with Crippen LogP contribution in [0.5, 0.6) is 0 Å². The number of carbonyl (C=O) groups excluding carboxylic acids is 1. The number of esters is 1. The second kappa shape index (κ2) is 7.17. The first-order chi connectivity index (χ1) is 8.17. The SMILES string of the molecule is CCSCC(C)Nc1cc(C(=O)OC)ccn1. The van der Waals surface area contributed by atoms with Gasteiger partial charge in [0.2, 0.25) is 0 Å². The largest absolute Gasteiger partial charge is 0.465 e. The van der Waals surface area contributed by atoms with Crippen LogP contribution in [0.15, 0.2) is 18.3 Å². The van der Waals surface area contributed by atoms with Gasteiger partial charge in [-0.3, -0.25) is 0 Å². The Labute approximate surface area is 106 Å². The van der Waals surface area contributed by atoms with Gasteiger partial charge in [-0.1, -0.05) is 6.92 Å². The Bertz CT molecular complexity index is 371. The van der Waals surface area contributed by atoms with Crippen molar-refractivity contribution in [2.24, 2.45) is 0 Å². The van der Waals surface area contributed by atoms with Crippen LogP contribution >= 0.6 is 11.8 Å². The van der Waals surface area contributed by atoms with Gasteiger partial charge in [0.1, 0.15) is 5.82 Å². The van der Waals surface area contributed by atoms with Crippen LogP contribution in [-0.2, 0) is 4.74 Å². The molecule has 0 aliphatic rings. The van der Waals surface area contributed by atoms with Gasteiger partial charge < -0.3 is 10.1 Å². The molecule has 1 unspecified atom stereocenters. The molecule has 1 N–H and O–H groups in total. The summed E-state index contributed by atoms with van der Waals surface area (Å²) in [6, 6.07) is 3.67. The predicted molar refractivity (Wildman–Crippen MR) is 71.7 cm³/mol. The first-order valence-corrected chi connectivity index (χ1v) is 6.71. The van der Waals surface area contributed by atoms with E-state index >= 15 is 0 Å². The van der Waals surface area contributed by atoms with Crippen LogP contribution in [0.25, 0.3) is 0 Å². The van der Waals surface area contributed by atoms with E-state index in [2.05, 4.69) is 28.9 Å². The zero-order valence-electron chi connectivity index (χ0n) is 10.4. The molecule has 0 saturated carbocycles. The Morgan fingerprint density at radius 3 is 3.06 bits per heavy atom. The minimum atomic E-state index is -0.342. The first-order valence-electron chi connectivity index (χ1n) is 5.56. The van der Waals surface area contributed by atoms with E-state index in [4.69, 9.17) is 0 Å². The molecule has 1 heterocycles. The standard InChI is InChI=1S/C12H18N2O2S/c1-4-17-8-9(2)14-11-7-10(5-6-13-11)12(15)16-3/h5-7,9H,4,8H2,1-3H3,(H,13,14). The van der Waals surface area contributed by atoms with Crippen LogP contribution in [0.1, 0.15) is 24.2 Å². The van der Waals surface area contributed by atoms with Crippen LogP contribution < -0.4 is 5.32 Å². The molecule has 0 radical (unpaired) electrons. The summed E-state index contributed by atoms with van der Waals surface area (Å²) in [5.41, 5.74) is 0.514. The molecule has 0 saturated heterocycles. The summed E-state index contributed by atoms with van der Waals surface area (Å²) in [5, 5.41) is 3.26. The van der Waals surface area contributed by atoms with E-state index in [0.717, 1.165) is 11.5 Å². The molecule has 4 nitrogen and oxygen atoms in total. The molecule has 5 heteroatoms. The monoisotopic (exact) mass is 254 g/mol. The van der Waals surface area contributed by atoms with Crippen molar-refractivity contribution >= 4 is 23.5 Å². The van der Waals surface area contributed by atoms with Gasteiger partial charge >= 0.3 is 5.97 Å². The second-order valence-electron chi connectivity index (χ2n) is 3.63. The van der Waals surface area contributed by atoms with E-state index in [0.29, 0.717) is 17.4 Å². The lowest BCUT2D eigenvalue weighted by molar-refractivity contribution is 0.0600. The Kier molecular flexibility index (Phi) is 5.83. The molecular formula is C12H18N2O2S. The van der Waals surface area contributed by atoms with E-state index in [-0.39, 0.29) is 5.97 Å². The normalized spacial score (nSPS) is 11.9. The number of aromatic nitrogens is 1. The molecule has 0 amide bonds. The van der Waals surface area contributed by atoms with E-state index in [1.54, 1.807) is 18.3 Å². The van der Waals surface area contributed by atoms with Gasteiger partial charge in [-0.05, 0) is 24.8 Å². The average molecular weight is 254 g/mol. The maximum absolute atomic E-state index is 11.3. The molecule has 1 aromatic heterocycles. The van der Waals surface area contributed by atoms with Crippen LogP contribution in [0, 0.1) is 0 Å². The lowest BCUT2D eigenvalue weighted by Crippen LogP contribution is -2.19. The number of thioether (sulfide) groups is 1. The van der Waals surface area contributed by atoms with E-state index in [9.17, 15) is 4.79 Å². The summed E-state index contributed by atoms with van der Waals surface area (Å²) in [6.07, 6.45) is 1.61. The molecule has 1 atom stereocenters. The summed E-state index contributed by atoms with van der Waals surface area (Å²) < 4.78 is 4.66. The summed E-state index contributed by atoms with van der Waals surface area (Å²) in [4.78, 5) is 15.5. The topological polar surface area (TPSA) is 51.2 Å². The maximum Gasteiger partial charge on any atom is 0.338 e. The van der Waals surface area contributed by atoms with Crippen molar-refractivity contribution in [3.05, 3.63) is 23.9 Å². The highest BCUT2D eigenvalue weighted by Gasteiger charge is 2.08. The van der Waals surface area contributed by atoms with Crippen molar-refractivity contribution in [1.82, 2.24) is 4.98 Å². The van der Waals surface area contributed by atoms with Gasteiger partial charge in [0, 0.05) is 18.0 Å². The minimum absolute atomic E-state index is 0.320. The quantitative estimate of drug-likeness (QED) is 0.790. The van der Waals surface area contributed by atoms with Gasteiger partial charge in [-0.15, -0.1) is 0 Å². The maximum atomic E-state index is 11.3. The third kappa shape index (κ3) is 4.65. The average Bonchev–Trinajstić information content (AvgIpc) is 2.35. The third-order valence-corrected chi connectivity index (χ3v) is 3.29. The highest BCUT2D eigenvalue weighted by molar-refractivity contribution is 7.99. The Hall–Kier alpha value is -1.23. The van der Waals surface area contributed by atoms with E-state index in [1.807, 2.05) is 11.8 Å². The summed E-state index contributed by atoms with van der Waals surface area (Å²) in [6.45, 7) is 4.22. The molecule has 1 rings (SSSR count). The second-order valence-corrected chi connectivity index (χ2v) is 4.95. The van der Waals surface area contributed by atoms with Crippen LogP contribution in [-0.4, -0.2) is 35.6 Å². The molecule has 0 fully saturated rings. The molecule has 0 aliphatic carbocycles. The first kappa shape index (κ1) is 13.8. The van der Waals surface area contributed by atoms with E-state index in [1.165, 1.54) is 7.11 Å². The van der Waals surface area contributed by atoms with Gasteiger partial charge in [-0.25, -0.2) is 9.78 Å². The number of hydrogen-bond donors (Lipinski definition) is 1. The smallest absolute Gasteiger partial charge is 0.338 e. The zero-order valence-corrected chi connectivity index (χ0v) is 11.2. The molecule has 0 spiro atoms. The number of nitrogens with one attached hydrogen (secondary N) is 1. The highest BCUT2D eigenvalue weighted by Crippen LogP contribution is 2.11. The van der Waals surface area contributed by atoms with Crippen molar-refractivity contribution in [2.45, 2.75) is 19.9 Å². The van der Waals surface area contributed by atoms with Gasteiger partial charge in [0.15, 0.2) is 0 Å². The molecule has 0 aromatic carbocycles. The molecule has 17 heavy (non-hydrogen) atoms. The zero-order chi connectivity index (χ0) is 12.7. The highest BCUT2D eigenvalue weighted by atomic mass is 32.2. The summed E-state index contributed by atoms with van der Waals surface area (Å²) in [7, 11) is 1.37. The van der Waals surface area contributed by atoms with Crippen molar-refractivity contribution in [2.75, 3.05) is 23.9 Å². The number of anilines is 1. The van der Waals surface area contributed by atoms with Gasteiger partial charge in [0.05, 0.1) is 12.7 Å². The predicted octanol–water partition coefficient (Wildman–Crippen LogP) is 2.42. The number of ether oxygens (including phenoxy) is 1. The molecular weight excluding hydrogens is 236 g/mol. The Morgan fingerprint density at radius 2 is 2.41 bits per heavy atom. The van der Waals surface area contributed by atoms with Crippen molar-refractivity contribution in [3.63, 3.8) is 0 Å². The lowest BCUT2D eigenvalue weighted by Gasteiger charge is -2.13. The molecule has 94 valence electrons. The van der Waals surface area contributed by atoms with Crippen LogP contribution in [0.3, 0.4) is 0 Å². The Morgan fingerprint density at radius 1 is 1.65 bits per heavy atom. The Balaban J connectivity index is 2.62. The van der Waals surface area contributed by atoms with E-state index < -0.39 is 0 Å². The molecule has 0 aliphatic heterocycles. The lowest BCUT2D eigenvalue weighted by atomic mass is 10.2. The number of carbonyl (C=O) groups is 1. The number of hydrogen-bond acceptors (Lipinski definition) is 5. The van der Waals surface area contributed by atoms with Crippen molar-refractivity contribution in [3.8, 4) is 0 Å². The fourth-order valence-corrected chi connectivity index (χ4v) is 2.02. The number of methoxy groups -OCH3 is 1. The van der Waals surface area contributed by atoms with Crippen molar-refractivity contribution < 1.29 is 9.53 Å². The van der Waals surface area contributed by atoms with Gasteiger partial charge in [0.25, 0.3) is 0 Å². The van der Waals surface area contributed by atoms with Gasteiger partial charge in [-0.2, -0.15) is 11.8 Å². The third-order valence-electron chi connectivity index (χ3n) is 2.15. The summed E-state index contributed by atoms with van der Waals surface area (Å²) in [5.74, 6) is 2.48. The molecule has 1 aromatic rings. The minimum Gasteiger partial charge on any atom is -0.465 e. The number of rotatable bonds is 6. The van der Waals surface area contributed by atoms with Crippen LogP contribution in [0.4, 0.5) is 5.82 Å². The fraction of sp³-hybridized carbons (Fsp3) is 0.500.